The van der Waals surface area contributed by atoms with Gasteiger partial charge in [0.2, 0.25) is 15.9 Å². The number of carbonyl (C=O) groups excluding carboxylic acids is 1. The second kappa shape index (κ2) is 12.3. The largest absolute Gasteiger partial charge is 0.392 e. The Morgan fingerprint density at radius 2 is 1.94 bits per heavy atom. The number of sulfonamides is 1. The summed E-state index contributed by atoms with van der Waals surface area (Å²) >= 11 is 0. The molecular formula is C24H41NO6S. The summed E-state index contributed by atoms with van der Waals surface area (Å²) in [6.07, 6.45) is 10.4. The number of hydrogen-bond acceptors (Lipinski definition) is 6. The fourth-order valence-electron chi connectivity index (χ4n) is 4.51. The first-order valence-corrected chi connectivity index (χ1v) is 13.4. The van der Waals surface area contributed by atoms with E-state index < -0.39 is 33.4 Å². The molecule has 184 valence electrons. The number of amides is 1. The molecule has 3 N–H and O–H groups in total. The minimum absolute atomic E-state index is 0.00452. The molecule has 0 spiro atoms. The number of unbranched alkanes of at least 4 members (excludes halogenated alkanes) is 1. The second-order valence-corrected chi connectivity index (χ2v) is 12.0. The lowest BCUT2D eigenvalue weighted by Crippen LogP contribution is -2.35. The van der Waals surface area contributed by atoms with Crippen LogP contribution in [-0.4, -0.2) is 54.2 Å². The summed E-state index contributed by atoms with van der Waals surface area (Å²) in [6.45, 7) is 7.16. The Labute approximate surface area is 193 Å². The molecule has 0 aromatic carbocycles. The third-order valence-corrected chi connectivity index (χ3v) is 8.17. The van der Waals surface area contributed by atoms with Crippen LogP contribution in [-0.2, 0) is 19.6 Å². The van der Waals surface area contributed by atoms with Crippen molar-refractivity contribution in [3.8, 4) is 0 Å². The normalized spacial score (nSPS) is 28.8. The molecule has 1 saturated carbocycles. The van der Waals surface area contributed by atoms with Gasteiger partial charge in [-0.2, -0.15) is 0 Å². The predicted molar refractivity (Wildman–Crippen MR) is 125 cm³/mol. The molecular weight excluding hydrogens is 430 g/mol. The highest BCUT2D eigenvalue weighted by Gasteiger charge is 2.47. The van der Waals surface area contributed by atoms with Gasteiger partial charge in [-0.25, -0.2) is 8.42 Å². The standard InChI is InChI=1S/C24H41NO6S/c1-16(2)8-7-9-18(26)12-13-20-21-14-19(31-23(21)15-22(20)27)10-5-6-11-24(28)25-32(29,30)17(3)4/h8,12-13,17-23,26-27H,5-7,9-11,14-15H2,1-4H3,(H,25,28)/t18-,19+,20+,21+,22+,23-/m0/s1. The average molecular weight is 472 g/mol. The number of carbonyl (C=O) groups is 1. The van der Waals surface area contributed by atoms with E-state index in [2.05, 4.69) is 10.8 Å². The zero-order valence-corrected chi connectivity index (χ0v) is 20.7. The highest BCUT2D eigenvalue weighted by Crippen LogP contribution is 2.45. The van der Waals surface area contributed by atoms with E-state index >= 15 is 0 Å². The van der Waals surface area contributed by atoms with Gasteiger partial charge in [0.1, 0.15) is 0 Å². The zero-order valence-electron chi connectivity index (χ0n) is 19.9. The van der Waals surface area contributed by atoms with Gasteiger partial charge in [-0.05, 0) is 65.7 Å². The average Bonchev–Trinajstić information content (AvgIpc) is 3.19. The van der Waals surface area contributed by atoms with Crippen molar-refractivity contribution < 1.29 is 28.2 Å². The van der Waals surface area contributed by atoms with Crippen LogP contribution in [0.3, 0.4) is 0 Å². The highest BCUT2D eigenvalue weighted by molar-refractivity contribution is 7.90. The molecule has 0 aromatic rings. The minimum atomic E-state index is -3.57. The van der Waals surface area contributed by atoms with Gasteiger partial charge in [0, 0.05) is 18.8 Å². The number of allylic oxidation sites excluding steroid dienone is 2. The molecule has 6 atom stereocenters. The number of rotatable bonds is 12. The third kappa shape index (κ3) is 8.28. The summed E-state index contributed by atoms with van der Waals surface area (Å²) < 4.78 is 31.7. The number of nitrogens with one attached hydrogen (secondary N) is 1. The van der Waals surface area contributed by atoms with Gasteiger partial charge in [0.15, 0.2) is 0 Å². The van der Waals surface area contributed by atoms with Crippen molar-refractivity contribution in [1.82, 2.24) is 4.72 Å². The molecule has 0 radical (unpaired) electrons. The lowest BCUT2D eigenvalue weighted by atomic mass is 9.89. The van der Waals surface area contributed by atoms with E-state index in [1.165, 1.54) is 19.4 Å². The molecule has 0 aromatic heterocycles. The number of fused-ring (bicyclic) bond motifs is 1. The van der Waals surface area contributed by atoms with Crippen molar-refractivity contribution in [3.63, 3.8) is 0 Å². The van der Waals surface area contributed by atoms with Crippen LogP contribution in [0.2, 0.25) is 0 Å². The molecule has 7 nitrogen and oxygen atoms in total. The van der Waals surface area contributed by atoms with Crippen molar-refractivity contribution >= 4 is 15.9 Å². The van der Waals surface area contributed by atoms with Crippen molar-refractivity contribution in [2.24, 2.45) is 11.8 Å². The molecule has 1 aliphatic carbocycles. The summed E-state index contributed by atoms with van der Waals surface area (Å²) in [5, 5.41) is 20.0. The molecule has 32 heavy (non-hydrogen) atoms. The van der Waals surface area contributed by atoms with E-state index in [9.17, 15) is 23.4 Å². The smallest absolute Gasteiger partial charge is 0.237 e. The fourth-order valence-corrected chi connectivity index (χ4v) is 5.17. The van der Waals surface area contributed by atoms with Crippen LogP contribution < -0.4 is 4.72 Å². The van der Waals surface area contributed by atoms with Gasteiger partial charge in [0.05, 0.1) is 29.7 Å². The molecule has 1 heterocycles. The van der Waals surface area contributed by atoms with Crippen LogP contribution >= 0.6 is 0 Å². The molecule has 2 aliphatic rings. The van der Waals surface area contributed by atoms with Gasteiger partial charge in [-0.3, -0.25) is 9.52 Å². The summed E-state index contributed by atoms with van der Waals surface area (Å²) in [7, 11) is -3.57. The molecule has 0 bridgehead atoms. The Balaban J connectivity index is 1.73. The van der Waals surface area contributed by atoms with Crippen LogP contribution in [0.5, 0.6) is 0 Å². The predicted octanol–water partition coefficient (Wildman–Crippen LogP) is 3.22. The number of ether oxygens (including phenoxy) is 1. The monoisotopic (exact) mass is 471 g/mol. The van der Waals surface area contributed by atoms with E-state index in [1.807, 2.05) is 26.0 Å². The first-order valence-electron chi connectivity index (χ1n) is 11.9. The van der Waals surface area contributed by atoms with Gasteiger partial charge >= 0.3 is 0 Å². The Kier molecular flexibility index (Phi) is 10.4. The molecule has 8 heteroatoms. The van der Waals surface area contributed by atoms with Crippen molar-refractivity contribution in [3.05, 3.63) is 23.8 Å². The molecule has 2 fully saturated rings. The topological polar surface area (TPSA) is 113 Å². The fraction of sp³-hybridized carbons (Fsp3) is 0.792. The Morgan fingerprint density at radius 1 is 1.22 bits per heavy atom. The van der Waals surface area contributed by atoms with Gasteiger partial charge in [-0.15, -0.1) is 0 Å². The minimum Gasteiger partial charge on any atom is -0.392 e. The molecule has 1 saturated heterocycles. The summed E-state index contributed by atoms with van der Waals surface area (Å²) in [6, 6.07) is 0. The van der Waals surface area contributed by atoms with Crippen molar-refractivity contribution in [2.75, 3.05) is 0 Å². The van der Waals surface area contributed by atoms with E-state index in [-0.39, 0.29) is 30.5 Å². The van der Waals surface area contributed by atoms with Gasteiger partial charge < -0.3 is 14.9 Å². The summed E-state index contributed by atoms with van der Waals surface area (Å²) in [5.74, 6) is -0.217. The van der Waals surface area contributed by atoms with E-state index in [1.54, 1.807) is 0 Å². The number of hydrogen-bond donors (Lipinski definition) is 3. The van der Waals surface area contributed by atoms with Gasteiger partial charge in [-0.1, -0.05) is 30.2 Å². The Hall–Kier alpha value is -1.22. The highest BCUT2D eigenvalue weighted by atomic mass is 32.2. The zero-order chi connectivity index (χ0) is 23.9. The first-order chi connectivity index (χ1) is 15.0. The van der Waals surface area contributed by atoms with Crippen molar-refractivity contribution in [1.29, 1.82) is 0 Å². The maximum atomic E-state index is 11.8. The lowest BCUT2D eigenvalue weighted by molar-refractivity contribution is -0.119. The maximum absolute atomic E-state index is 11.8. The van der Waals surface area contributed by atoms with E-state index in [0.717, 1.165) is 25.7 Å². The number of aliphatic hydroxyl groups is 2. The van der Waals surface area contributed by atoms with E-state index in [4.69, 9.17) is 4.74 Å². The van der Waals surface area contributed by atoms with Crippen LogP contribution in [0.1, 0.15) is 79.1 Å². The SMILES string of the molecule is CC(C)=CCC[C@H](O)C=C[C@@H]1[C@H]2C[C@@H](CCCCC(=O)NS(=O)(=O)C(C)C)O[C@H]2C[C@H]1O. The van der Waals surface area contributed by atoms with Crippen LogP contribution in [0.25, 0.3) is 0 Å². The molecule has 0 unspecified atom stereocenters. The van der Waals surface area contributed by atoms with Crippen LogP contribution in [0.4, 0.5) is 0 Å². The van der Waals surface area contributed by atoms with Crippen LogP contribution in [0.15, 0.2) is 23.8 Å². The summed E-state index contributed by atoms with van der Waals surface area (Å²) in [5.41, 5.74) is 1.24. The summed E-state index contributed by atoms with van der Waals surface area (Å²) in [4.78, 5) is 11.8. The van der Waals surface area contributed by atoms with E-state index in [0.29, 0.717) is 19.3 Å². The van der Waals surface area contributed by atoms with Crippen LogP contribution in [0, 0.1) is 11.8 Å². The molecule has 1 aliphatic heterocycles. The Bertz CT molecular complexity index is 771. The quantitative estimate of drug-likeness (QED) is 0.298. The third-order valence-electron chi connectivity index (χ3n) is 6.42. The van der Waals surface area contributed by atoms with Crippen molar-refractivity contribution in [2.45, 2.75) is 109 Å². The lowest BCUT2D eigenvalue weighted by Gasteiger charge is -2.18. The number of aliphatic hydroxyl groups excluding tert-OH is 2. The molecule has 2 rings (SSSR count). The molecule has 1 amide bonds. The second-order valence-electron chi connectivity index (χ2n) is 9.75. The Morgan fingerprint density at radius 3 is 2.59 bits per heavy atom. The maximum Gasteiger partial charge on any atom is 0.237 e. The van der Waals surface area contributed by atoms with Gasteiger partial charge in [0.25, 0.3) is 0 Å². The first kappa shape index (κ1) is 27.0.